The first-order chi connectivity index (χ1) is 12.7. The Balaban J connectivity index is 1.72. The van der Waals surface area contributed by atoms with Crippen molar-refractivity contribution in [1.29, 1.82) is 0 Å². The van der Waals surface area contributed by atoms with Crippen molar-refractivity contribution in [2.24, 2.45) is 10.9 Å². The van der Waals surface area contributed by atoms with Gasteiger partial charge in [-0.25, -0.2) is 0 Å². The summed E-state index contributed by atoms with van der Waals surface area (Å²) in [7, 11) is 1.81. The minimum atomic E-state index is 0.487. The van der Waals surface area contributed by atoms with Crippen molar-refractivity contribution in [3.05, 3.63) is 17.5 Å². The number of piperidine rings is 1. The molecule has 1 aromatic rings. The van der Waals surface area contributed by atoms with Crippen LogP contribution in [-0.4, -0.2) is 49.2 Å². The van der Waals surface area contributed by atoms with Gasteiger partial charge in [0.25, 0.3) is 0 Å². The van der Waals surface area contributed by atoms with Crippen molar-refractivity contribution >= 4 is 5.96 Å². The highest BCUT2D eigenvalue weighted by Crippen LogP contribution is 2.22. The summed E-state index contributed by atoms with van der Waals surface area (Å²) in [6.45, 7) is 11.9. The second-order valence-corrected chi connectivity index (χ2v) is 7.50. The highest BCUT2D eigenvalue weighted by molar-refractivity contribution is 5.79. The van der Waals surface area contributed by atoms with E-state index in [0.29, 0.717) is 18.4 Å². The molecule has 0 saturated carbocycles. The topological polar surface area (TPSA) is 65.7 Å². The van der Waals surface area contributed by atoms with E-state index in [1.165, 1.54) is 32.4 Å². The van der Waals surface area contributed by atoms with Crippen LogP contribution in [0.3, 0.4) is 0 Å². The van der Waals surface area contributed by atoms with Gasteiger partial charge in [-0.05, 0) is 44.7 Å². The smallest absolute Gasteiger partial charge is 0.191 e. The molecule has 1 aliphatic heterocycles. The molecule has 6 nitrogen and oxygen atoms in total. The molecule has 0 radical (unpaired) electrons. The van der Waals surface area contributed by atoms with Crippen LogP contribution in [0.4, 0.5) is 0 Å². The predicted octanol–water partition coefficient (Wildman–Crippen LogP) is 3.37. The van der Waals surface area contributed by atoms with Gasteiger partial charge in [0.05, 0.1) is 12.2 Å². The SMILES string of the molecule is CCC(CC)c1cc(CNC(=NC)NCC(C)CN2CCCCC2)on1. The van der Waals surface area contributed by atoms with E-state index >= 15 is 0 Å². The van der Waals surface area contributed by atoms with Gasteiger partial charge in [0.2, 0.25) is 0 Å². The summed E-state index contributed by atoms with van der Waals surface area (Å²) in [5.41, 5.74) is 1.06. The molecule has 1 aliphatic rings. The third kappa shape index (κ3) is 6.63. The number of rotatable bonds is 9. The fourth-order valence-corrected chi connectivity index (χ4v) is 3.62. The third-order valence-electron chi connectivity index (χ3n) is 5.27. The first-order valence-electron chi connectivity index (χ1n) is 10.3. The van der Waals surface area contributed by atoms with Gasteiger partial charge in [0.1, 0.15) is 0 Å². The molecule has 1 unspecified atom stereocenters. The second kappa shape index (κ2) is 11.2. The van der Waals surface area contributed by atoms with Crippen LogP contribution < -0.4 is 10.6 Å². The summed E-state index contributed by atoms with van der Waals surface area (Å²) in [5.74, 6) is 2.76. The number of nitrogens with zero attached hydrogens (tertiary/aromatic N) is 3. The number of hydrogen-bond acceptors (Lipinski definition) is 4. The fraction of sp³-hybridized carbons (Fsp3) is 0.800. The van der Waals surface area contributed by atoms with Crippen LogP contribution in [0.5, 0.6) is 0 Å². The van der Waals surface area contributed by atoms with Crippen LogP contribution in [0.1, 0.15) is 70.2 Å². The van der Waals surface area contributed by atoms with E-state index in [1.54, 1.807) is 7.05 Å². The van der Waals surface area contributed by atoms with Crippen molar-refractivity contribution in [2.45, 2.75) is 65.3 Å². The van der Waals surface area contributed by atoms with E-state index in [1.807, 2.05) is 0 Å². The lowest BCUT2D eigenvalue weighted by Gasteiger charge is -2.29. The van der Waals surface area contributed by atoms with Gasteiger partial charge >= 0.3 is 0 Å². The average molecular weight is 364 g/mol. The predicted molar refractivity (Wildman–Crippen MR) is 107 cm³/mol. The van der Waals surface area contributed by atoms with E-state index in [0.717, 1.165) is 43.3 Å². The number of nitrogens with one attached hydrogen (secondary N) is 2. The molecule has 1 fully saturated rings. The lowest BCUT2D eigenvalue weighted by molar-refractivity contribution is 0.201. The summed E-state index contributed by atoms with van der Waals surface area (Å²) < 4.78 is 5.47. The Labute approximate surface area is 158 Å². The molecule has 2 N–H and O–H groups in total. The van der Waals surface area contributed by atoms with E-state index in [2.05, 4.69) is 52.5 Å². The molecule has 26 heavy (non-hydrogen) atoms. The van der Waals surface area contributed by atoms with E-state index in [-0.39, 0.29) is 0 Å². The first-order valence-corrected chi connectivity index (χ1v) is 10.3. The Hall–Kier alpha value is -1.56. The highest BCUT2D eigenvalue weighted by Gasteiger charge is 2.15. The number of aliphatic imine (C=N–C) groups is 1. The molecule has 0 spiro atoms. The minimum absolute atomic E-state index is 0.487. The Morgan fingerprint density at radius 1 is 1.23 bits per heavy atom. The first kappa shape index (κ1) is 20.7. The zero-order valence-electron chi connectivity index (χ0n) is 17.1. The Morgan fingerprint density at radius 2 is 1.96 bits per heavy atom. The van der Waals surface area contributed by atoms with Crippen LogP contribution in [0.2, 0.25) is 0 Å². The molecule has 0 bridgehead atoms. The van der Waals surface area contributed by atoms with Gasteiger partial charge in [0.15, 0.2) is 11.7 Å². The average Bonchev–Trinajstić information content (AvgIpc) is 3.12. The van der Waals surface area contributed by atoms with Gasteiger partial charge in [-0.1, -0.05) is 32.3 Å². The maximum Gasteiger partial charge on any atom is 0.191 e. The number of hydrogen-bond donors (Lipinski definition) is 2. The molecule has 2 rings (SSSR count). The normalized spacial score (nSPS) is 17.5. The Kier molecular flexibility index (Phi) is 8.95. The molecule has 1 aromatic heterocycles. The molecule has 0 amide bonds. The number of aromatic nitrogens is 1. The van der Waals surface area contributed by atoms with Gasteiger partial charge in [0, 0.05) is 32.1 Å². The third-order valence-corrected chi connectivity index (χ3v) is 5.27. The van der Waals surface area contributed by atoms with Crippen molar-refractivity contribution < 1.29 is 4.52 Å². The van der Waals surface area contributed by atoms with E-state index in [4.69, 9.17) is 4.52 Å². The quantitative estimate of drug-likeness (QED) is 0.520. The van der Waals surface area contributed by atoms with Gasteiger partial charge in [-0.3, -0.25) is 4.99 Å². The zero-order chi connectivity index (χ0) is 18.8. The van der Waals surface area contributed by atoms with Crippen LogP contribution in [0, 0.1) is 5.92 Å². The van der Waals surface area contributed by atoms with Crippen molar-refractivity contribution in [3.63, 3.8) is 0 Å². The summed E-state index contributed by atoms with van der Waals surface area (Å²) in [6, 6.07) is 2.07. The molecular formula is C20H37N5O. The van der Waals surface area contributed by atoms with Crippen LogP contribution in [-0.2, 0) is 6.54 Å². The lowest BCUT2D eigenvalue weighted by Crippen LogP contribution is -2.42. The standard InChI is InChI=1S/C20H37N5O/c1-5-17(6-2)19-12-18(26-24-19)14-23-20(21-4)22-13-16(3)15-25-10-8-7-9-11-25/h12,16-17H,5-11,13-15H2,1-4H3,(H2,21,22,23). The van der Waals surface area contributed by atoms with Gasteiger partial charge < -0.3 is 20.1 Å². The summed E-state index contributed by atoms with van der Waals surface area (Å²) in [5, 5.41) is 11.0. The van der Waals surface area contributed by atoms with Crippen LogP contribution in [0.15, 0.2) is 15.6 Å². The number of likely N-dealkylation sites (tertiary alicyclic amines) is 1. The molecule has 1 saturated heterocycles. The molecular weight excluding hydrogens is 326 g/mol. The van der Waals surface area contributed by atoms with Gasteiger partial charge in [-0.15, -0.1) is 0 Å². The van der Waals surface area contributed by atoms with Crippen molar-refractivity contribution in [1.82, 2.24) is 20.7 Å². The van der Waals surface area contributed by atoms with Crippen molar-refractivity contribution in [2.75, 3.05) is 33.2 Å². The molecule has 2 heterocycles. The maximum absolute atomic E-state index is 5.47. The molecule has 0 aliphatic carbocycles. The number of guanidine groups is 1. The molecule has 148 valence electrons. The Bertz CT molecular complexity index is 532. The zero-order valence-corrected chi connectivity index (χ0v) is 17.1. The van der Waals surface area contributed by atoms with E-state index < -0.39 is 0 Å². The Morgan fingerprint density at radius 3 is 2.62 bits per heavy atom. The van der Waals surface area contributed by atoms with Crippen LogP contribution in [0.25, 0.3) is 0 Å². The van der Waals surface area contributed by atoms with Gasteiger partial charge in [-0.2, -0.15) is 0 Å². The minimum Gasteiger partial charge on any atom is -0.359 e. The highest BCUT2D eigenvalue weighted by atomic mass is 16.5. The largest absolute Gasteiger partial charge is 0.359 e. The van der Waals surface area contributed by atoms with Crippen molar-refractivity contribution in [3.8, 4) is 0 Å². The summed E-state index contributed by atoms with van der Waals surface area (Å²) >= 11 is 0. The second-order valence-electron chi connectivity index (χ2n) is 7.50. The summed E-state index contributed by atoms with van der Waals surface area (Å²) in [6.07, 6.45) is 6.27. The lowest BCUT2D eigenvalue weighted by atomic mass is 9.99. The molecule has 0 aromatic carbocycles. The van der Waals surface area contributed by atoms with Crippen LogP contribution >= 0.6 is 0 Å². The fourth-order valence-electron chi connectivity index (χ4n) is 3.62. The maximum atomic E-state index is 5.47. The van der Waals surface area contributed by atoms with E-state index in [9.17, 15) is 0 Å². The molecule has 6 heteroatoms. The monoisotopic (exact) mass is 363 g/mol. The summed E-state index contributed by atoms with van der Waals surface area (Å²) in [4.78, 5) is 6.90. The molecule has 1 atom stereocenters.